The van der Waals surface area contributed by atoms with Crippen LogP contribution >= 0.6 is 11.6 Å². The molecule has 0 fully saturated rings. The fourth-order valence-electron chi connectivity index (χ4n) is 4.49. The van der Waals surface area contributed by atoms with Gasteiger partial charge in [-0.15, -0.1) is 0 Å². The largest absolute Gasteiger partial charge is 0.493 e. The van der Waals surface area contributed by atoms with E-state index < -0.39 is 28.5 Å². The topological polar surface area (TPSA) is 105 Å². The van der Waals surface area contributed by atoms with Gasteiger partial charge in [-0.2, -0.15) is 0 Å². The maximum absolute atomic E-state index is 14.2. The molecule has 3 aromatic rings. The van der Waals surface area contributed by atoms with Crippen molar-refractivity contribution in [2.45, 2.75) is 64.1 Å². The van der Waals surface area contributed by atoms with Crippen LogP contribution in [-0.4, -0.2) is 58.0 Å². The van der Waals surface area contributed by atoms with E-state index in [1.165, 1.54) is 49.5 Å². The summed E-state index contributed by atoms with van der Waals surface area (Å²) in [4.78, 5) is 29.0. The maximum atomic E-state index is 14.2. The van der Waals surface area contributed by atoms with Crippen LogP contribution in [0.4, 0.5) is 5.69 Å². The number of rotatable bonds is 14. The first-order valence-corrected chi connectivity index (χ1v) is 15.9. The van der Waals surface area contributed by atoms with Gasteiger partial charge in [-0.05, 0) is 68.7 Å². The van der Waals surface area contributed by atoms with Crippen LogP contribution in [0.15, 0.2) is 71.6 Å². The Hall–Kier alpha value is -3.76. The van der Waals surface area contributed by atoms with Crippen molar-refractivity contribution in [3.63, 3.8) is 0 Å². The first kappa shape index (κ1) is 33.7. The minimum absolute atomic E-state index is 0.0890. The van der Waals surface area contributed by atoms with Crippen molar-refractivity contribution in [3.8, 4) is 11.5 Å². The van der Waals surface area contributed by atoms with Gasteiger partial charge < -0.3 is 19.7 Å². The Balaban J connectivity index is 2.09. The van der Waals surface area contributed by atoms with Gasteiger partial charge in [0.25, 0.3) is 10.0 Å². The summed E-state index contributed by atoms with van der Waals surface area (Å²) in [5, 5.41) is 3.39. The second-order valence-corrected chi connectivity index (χ2v) is 12.6. The lowest BCUT2D eigenvalue weighted by molar-refractivity contribution is -0.140. The van der Waals surface area contributed by atoms with Crippen molar-refractivity contribution in [3.05, 3.63) is 82.9 Å². The summed E-state index contributed by atoms with van der Waals surface area (Å²) in [6.07, 6.45) is 1.06. The van der Waals surface area contributed by atoms with Crippen molar-refractivity contribution >= 4 is 39.1 Å². The van der Waals surface area contributed by atoms with E-state index in [1.54, 1.807) is 12.1 Å². The second-order valence-electron chi connectivity index (χ2n) is 10.3. The Morgan fingerprint density at radius 2 is 1.53 bits per heavy atom. The van der Waals surface area contributed by atoms with E-state index in [2.05, 4.69) is 5.32 Å². The molecule has 0 saturated carbocycles. The number of methoxy groups -OCH3 is 2. The quantitative estimate of drug-likeness (QED) is 0.250. The number of sulfonamides is 1. The third kappa shape index (κ3) is 8.42. The molecule has 3 rings (SSSR count). The number of carbonyl (C=O) groups excluding carboxylic acids is 2. The molecule has 0 radical (unpaired) electrons. The average molecular weight is 630 g/mol. The monoisotopic (exact) mass is 629 g/mol. The zero-order valence-electron chi connectivity index (χ0n) is 25.5. The molecule has 0 saturated heterocycles. The van der Waals surface area contributed by atoms with Crippen molar-refractivity contribution < 1.29 is 27.5 Å². The highest BCUT2D eigenvalue weighted by atomic mass is 35.5. The van der Waals surface area contributed by atoms with Gasteiger partial charge in [0.15, 0.2) is 11.5 Å². The van der Waals surface area contributed by atoms with Crippen molar-refractivity contribution in [2.75, 3.05) is 25.1 Å². The molecule has 0 heterocycles. The number of nitrogens with one attached hydrogen (secondary N) is 1. The number of nitrogens with zero attached hydrogens (tertiary/aromatic N) is 2. The number of hydrogen-bond donors (Lipinski definition) is 1. The summed E-state index contributed by atoms with van der Waals surface area (Å²) in [6, 6.07) is 17.1. The molecule has 3 aromatic carbocycles. The van der Waals surface area contributed by atoms with Crippen LogP contribution in [0.5, 0.6) is 11.5 Å². The molecule has 0 bridgehead atoms. The molecule has 11 heteroatoms. The predicted molar refractivity (Wildman–Crippen MR) is 169 cm³/mol. The minimum Gasteiger partial charge on any atom is -0.493 e. The molecule has 0 spiro atoms. The first-order valence-electron chi connectivity index (χ1n) is 14.1. The predicted octanol–water partition coefficient (Wildman–Crippen LogP) is 5.58. The number of benzene rings is 3. The van der Waals surface area contributed by atoms with Crippen LogP contribution in [0.1, 0.15) is 44.7 Å². The van der Waals surface area contributed by atoms with Crippen LogP contribution in [0.2, 0.25) is 5.02 Å². The van der Waals surface area contributed by atoms with Crippen LogP contribution < -0.4 is 19.1 Å². The normalized spacial score (nSPS) is 12.6. The fraction of sp³-hybridized carbons (Fsp3) is 0.375. The lowest BCUT2D eigenvalue weighted by atomic mass is 10.1. The van der Waals surface area contributed by atoms with Gasteiger partial charge in [0.1, 0.15) is 12.6 Å². The van der Waals surface area contributed by atoms with Crippen LogP contribution in [0.3, 0.4) is 0 Å². The number of anilines is 1. The lowest BCUT2D eigenvalue weighted by Gasteiger charge is -2.33. The summed E-state index contributed by atoms with van der Waals surface area (Å²) in [6.45, 7) is 7.21. The van der Waals surface area contributed by atoms with Crippen LogP contribution in [0, 0.1) is 6.92 Å². The van der Waals surface area contributed by atoms with Crippen molar-refractivity contribution in [1.82, 2.24) is 10.2 Å². The molecule has 2 amide bonds. The second kappa shape index (κ2) is 15.1. The molecule has 43 heavy (non-hydrogen) atoms. The zero-order valence-corrected chi connectivity index (χ0v) is 27.0. The highest BCUT2D eigenvalue weighted by Gasteiger charge is 2.34. The first-order chi connectivity index (χ1) is 20.4. The SMILES string of the molecule is CCC(C)NC(=O)C(CC)N(Cc1ccc(C)cc1)C(=O)CN(c1ccc(Cl)cc1)S(=O)(=O)c1ccc(OC)c(OC)c1. The van der Waals surface area contributed by atoms with Gasteiger partial charge in [0, 0.05) is 23.7 Å². The van der Waals surface area contributed by atoms with Gasteiger partial charge >= 0.3 is 0 Å². The molecule has 1 N–H and O–H groups in total. The third-order valence-electron chi connectivity index (χ3n) is 7.20. The number of hydrogen-bond acceptors (Lipinski definition) is 6. The molecule has 2 unspecified atom stereocenters. The molecule has 0 aliphatic carbocycles. The number of halogens is 1. The highest BCUT2D eigenvalue weighted by Crippen LogP contribution is 2.33. The van der Waals surface area contributed by atoms with Gasteiger partial charge in [0.05, 0.1) is 24.8 Å². The summed E-state index contributed by atoms with van der Waals surface area (Å²) >= 11 is 6.11. The average Bonchev–Trinajstić information content (AvgIpc) is 3.00. The summed E-state index contributed by atoms with van der Waals surface area (Å²) in [7, 11) is -1.44. The van der Waals surface area contributed by atoms with Gasteiger partial charge in [-0.1, -0.05) is 55.3 Å². The fourth-order valence-corrected chi connectivity index (χ4v) is 6.05. The summed E-state index contributed by atoms with van der Waals surface area (Å²) < 4.78 is 39.9. The molecule has 0 aromatic heterocycles. The number of amides is 2. The van der Waals surface area contributed by atoms with Gasteiger partial charge in [0.2, 0.25) is 11.8 Å². The summed E-state index contributed by atoms with van der Waals surface area (Å²) in [5.41, 5.74) is 2.10. The zero-order chi connectivity index (χ0) is 31.7. The molecule has 2 atom stereocenters. The number of ether oxygens (including phenoxy) is 2. The smallest absolute Gasteiger partial charge is 0.264 e. The minimum atomic E-state index is -4.30. The standard InChI is InChI=1S/C32H40ClN3O6S/c1-7-23(4)34-32(38)28(8-2)35(20-24-11-9-22(3)10-12-24)31(37)21-36(26-15-13-25(33)14-16-26)43(39,40)27-17-18-29(41-5)30(19-27)42-6/h9-19,23,28H,7-8,20-21H2,1-6H3,(H,34,38). The van der Waals surface area contributed by atoms with E-state index >= 15 is 0 Å². The van der Waals surface area contributed by atoms with Gasteiger partial charge in [-0.25, -0.2) is 8.42 Å². The van der Waals surface area contributed by atoms with Crippen LogP contribution in [-0.2, 0) is 26.2 Å². The Morgan fingerprint density at radius 1 is 0.907 bits per heavy atom. The Morgan fingerprint density at radius 3 is 2.09 bits per heavy atom. The van der Waals surface area contributed by atoms with Crippen molar-refractivity contribution in [1.29, 1.82) is 0 Å². The Bertz CT molecular complexity index is 1500. The Kier molecular flexibility index (Phi) is 11.9. The Labute approximate surface area is 259 Å². The van der Waals surface area contributed by atoms with E-state index in [1.807, 2.05) is 52.0 Å². The van der Waals surface area contributed by atoms with E-state index in [0.29, 0.717) is 17.2 Å². The van der Waals surface area contributed by atoms with Gasteiger partial charge in [-0.3, -0.25) is 13.9 Å². The molecule has 232 valence electrons. The van der Waals surface area contributed by atoms with E-state index in [-0.39, 0.29) is 34.8 Å². The summed E-state index contributed by atoms with van der Waals surface area (Å²) in [5.74, 6) is -0.249. The maximum Gasteiger partial charge on any atom is 0.264 e. The van der Waals surface area contributed by atoms with Crippen molar-refractivity contribution in [2.24, 2.45) is 0 Å². The molecule has 9 nitrogen and oxygen atoms in total. The van der Waals surface area contributed by atoms with E-state index in [9.17, 15) is 18.0 Å². The molecule has 0 aliphatic heterocycles. The third-order valence-corrected chi connectivity index (χ3v) is 9.22. The molecular weight excluding hydrogens is 590 g/mol. The van der Waals surface area contributed by atoms with E-state index in [4.69, 9.17) is 21.1 Å². The number of carbonyl (C=O) groups is 2. The highest BCUT2D eigenvalue weighted by molar-refractivity contribution is 7.92. The molecular formula is C32H40ClN3O6S. The number of aryl methyl sites for hydroxylation is 1. The van der Waals surface area contributed by atoms with Crippen LogP contribution in [0.25, 0.3) is 0 Å². The van der Waals surface area contributed by atoms with E-state index in [0.717, 1.165) is 21.9 Å². The molecule has 0 aliphatic rings. The lowest BCUT2D eigenvalue weighted by Crippen LogP contribution is -2.53.